The maximum atomic E-state index is 13.9. The van der Waals surface area contributed by atoms with Crippen molar-refractivity contribution in [3.05, 3.63) is 35.9 Å². The van der Waals surface area contributed by atoms with E-state index in [0.29, 0.717) is 11.7 Å². The average molecular weight is 286 g/mol. The molecule has 1 aromatic carbocycles. The maximum absolute atomic E-state index is 13.9. The molecule has 4 bridgehead atoms. The van der Waals surface area contributed by atoms with E-state index in [1.807, 2.05) is 6.07 Å². The van der Waals surface area contributed by atoms with Crippen molar-refractivity contribution >= 4 is 5.78 Å². The van der Waals surface area contributed by atoms with Gasteiger partial charge in [0.1, 0.15) is 5.78 Å². The summed E-state index contributed by atoms with van der Waals surface area (Å²) < 4.78 is 13.9. The largest absolute Gasteiger partial charge is 0.299 e. The fourth-order valence-electron chi connectivity index (χ4n) is 6.29. The zero-order chi connectivity index (χ0) is 14.7. The molecule has 112 valence electrons. The number of hydrogen-bond donors (Lipinski definition) is 0. The van der Waals surface area contributed by atoms with E-state index < -0.39 is 0 Å². The van der Waals surface area contributed by atoms with Crippen LogP contribution < -0.4 is 0 Å². The monoisotopic (exact) mass is 286 g/mol. The molecule has 4 aliphatic carbocycles. The SMILES string of the molecule is CC(=O)C12CC3C[C@](CF)(C1)C[C@@](c1ccccc1)(C3)C2. The third kappa shape index (κ3) is 1.77. The van der Waals surface area contributed by atoms with Gasteiger partial charge in [-0.05, 0) is 62.3 Å². The normalized spacial score (nSPS) is 44.0. The summed E-state index contributed by atoms with van der Waals surface area (Å²) in [5, 5.41) is 0. The molecule has 5 rings (SSSR count). The Balaban J connectivity index is 1.85. The lowest BCUT2D eigenvalue weighted by molar-refractivity contribution is -0.161. The van der Waals surface area contributed by atoms with Gasteiger partial charge in [-0.15, -0.1) is 0 Å². The number of rotatable bonds is 3. The van der Waals surface area contributed by atoms with E-state index in [1.165, 1.54) is 5.56 Å². The van der Waals surface area contributed by atoms with E-state index in [1.54, 1.807) is 6.92 Å². The Morgan fingerprint density at radius 1 is 1.14 bits per heavy atom. The van der Waals surface area contributed by atoms with Gasteiger partial charge in [-0.2, -0.15) is 0 Å². The van der Waals surface area contributed by atoms with Gasteiger partial charge in [0.05, 0.1) is 6.67 Å². The van der Waals surface area contributed by atoms with Crippen molar-refractivity contribution in [1.29, 1.82) is 0 Å². The standard InChI is InChI=1S/C19H23FO/c1-14(21)18-8-15-7-17(10-18,13-20)11-19(9-15,12-18)16-5-3-2-4-6-16/h2-6,15H,7-13H2,1H3/t15?,17-,18?,19-/m0/s1. The molecule has 0 heterocycles. The number of ketones is 1. The summed E-state index contributed by atoms with van der Waals surface area (Å²) in [4.78, 5) is 12.4. The first-order chi connectivity index (χ1) is 10.0. The van der Waals surface area contributed by atoms with Crippen molar-refractivity contribution in [3.63, 3.8) is 0 Å². The zero-order valence-corrected chi connectivity index (χ0v) is 12.7. The van der Waals surface area contributed by atoms with Gasteiger partial charge < -0.3 is 0 Å². The Labute approximate surface area is 125 Å². The number of alkyl halides is 1. The summed E-state index contributed by atoms with van der Waals surface area (Å²) in [6.45, 7) is 1.48. The Morgan fingerprint density at radius 2 is 1.90 bits per heavy atom. The first kappa shape index (κ1) is 13.5. The molecule has 0 saturated heterocycles. The summed E-state index contributed by atoms with van der Waals surface area (Å²) in [7, 11) is 0. The van der Waals surface area contributed by atoms with Crippen LogP contribution >= 0.6 is 0 Å². The quantitative estimate of drug-likeness (QED) is 0.802. The second kappa shape index (κ2) is 4.18. The molecule has 0 aromatic heterocycles. The minimum Gasteiger partial charge on any atom is -0.299 e. The molecule has 4 saturated carbocycles. The summed E-state index contributed by atoms with van der Waals surface area (Å²) >= 11 is 0. The molecule has 2 unspecified atom stereocenters. The molecule has 0 amide bonds. The lowest BCUT2D eigenvalue weighted by Crippen LogP contribution is -2.61. The van der Waals surface area contributed by atoms with Crippen LogP contribution in [0.1, 0.15) is 51.0 Å². The predicted molar refractivity (Wildman–Crippen MR) is 80.8 cm³/mol. The van der Waals surface area contributed by atoms with E-state index in [-0.39, 0.29) is 22.9 Å². The number of hydrogen-bond acceptors (Lipinski definition) is 1. The van der Waals surface area contributed by atoms with Crippen LogP contribution in [0.4, 0.5) is 4.39 Å². The van der Waals surface area contributed by atoms with Gasteiger partial charge in [0.15, 0.2) is 0 Å². The summed E-state index contributed by atoms with van der Waals surface area (Å²) in [6, 6.07) is 10.6. The lowest BCUT2D eigenvalue weighted by Gasteiger charge is -2.65. The molecule has 4 fully saturated rings. The Hall–Kier alpha value is -1.18. The first-order valence-corrected chi connectivity index (χ1v) is 8.14. The molecule has 0 N–H and O–H groups in total. The highest BCUT2D eigenvalue weighted by Gasteiger charge is 2.65. The number of benzene rings is 1. The number of Topliss-reactive ketones (excluding diaryl/α,β-unsaturated/α-hetero) is 1. The van der Waals surface area contributed by atoms with Gasteiger partial charge in [0, 0.05) is 10.8 Å². The molecule has 2 heteroatoms. The highest BCUT2D eigenvalue weighted by Crippen LogP contribution is 2.70. The Bertz CT molecular complexity index is 582. The average Bonchev–Trinajstić information content (AvgIpc) is 2.47. The van der Waals surface area contributed by atoms with Gasteiger partial charge in [0.2, 0.25) is 0 Å². The maximum Gasteiger partial charge on any atom is 0.136 e. The van der Waals surface area contributed by atoms with Crippen molar-refractivity contribution in [3.8, 4) is 0 Å². The minimum absolute atomic E-state index is 0.0401. The van der Waals surface area contributed by atoms with Crippen LogP contribution in [0.15, 0.2) is 30.3 Å². The van der Waals surface area contributed by atoms with E-state index in [4.69, 9.17) is 0 Å². The van der Waals surface area contributed by atoms with Crippen LogP contribution in [0.2, 0.25) is 0 Å². The number of carbonyl (C=O) groups is 1. The molecule has 0 spiro atoms. The highest BCUT2D eigenvalue weighted by molar-refractivity contribution is 5.83. The van der Waals surface area contributed by atoms with Crippen LogP contribution in [0, 0.1) is 16.7 Å². The topological polar surface area (TPSA) is 17.1 Å². The number of halogens is 1. The van der Waals surface area contributed by atoms with Crippen molar-refractivity contribution in [2.75, 3.05) is 6.67 Å². The molecule has 4 atom stereocenters. The zero-order valence-electron chi connectivity index (χ0n) is 12.7. The lowest BCUT2D eigenvalue weighted by atomic mass is 9.38. The molecule has 1 aromatic rings. The van der Waals surface area contributed by atoms with E-state index >= 15 is 0 Å². The van der Waals surface area contributed by atoms with Crippen molar-refractivity contribution in [1.82, 2.24) is 0 Å². The van der Waals surface area contributed by atoms with Crippen LogP contribution in [0.25, 0.3) is 0 Å². The minimum atomic E-state index is -0.257. The van der Waals surface area contributed by atoms with Crippen LogP contribution in [-0.4, -0.2) is 12.5 Å². The van der Waals surface area contributed by atoms with Crippen molar-refractivity contribution < 1.29 is 9.18 Å². The van der Waals surface area contributed by atoms with Gasteiger partial charge >= 0.3 is 0 Å². The third-order valence-electron chi connectivity index (χ3n) is 6.60. The summed E-state index contributed by atoms with van der Waals surface area (Å²) in [5.74, 6) is 0.825. The van der Waals surface area contributed by atoms with Gasteiger partial charge in [0.25, 0.3) is 0 Å². The molecular formula is C19H23FO. The second-order valence-electron chi connectivity index (χ2n) is 8.13. The Morgan fingerprint density at radius 3 is 2.57 bits per heavy atom. The fraction of sp³-hybridized carbons (Fsp3) is 0.632. The Kier molecular flexibility index (Phi) is 2.68. The van der Waals surface area contributed by atoms with Crippen LogP contribution in [0.5, 0.6) is 0 Å². The van der Waals surface area contributed by atoms with Gasteiger partial charge in [-0.1, -0.05) is 30.3 Å². The highest BCUT2D eigenvalue weighted by atomic mass is 19.1. The first-order valence-electron chi connectivity index (χ1n) is 8.14. The predicted octanol–water partition coefficient (Wildman–Crippen LogP) is 4.45. The van der Waals surface area contributed by atoms with Crippen LogP contribution in [-0.2, 0) is 10.2 Å². The third-order valence-corrected chi connectivity index (χ3v) is 6.60. The van der Waals surface area contributed by atoms with Crippen molar-refractivity contribution in [2.45, 2.75) is 50.9 Å². The molecule has 21 heavy (non-hydrogen) atoms. The van der Waals surface area contributed by atoms with Crippen molar-refractivity contribution in [2.24, 2.45) is 16.7 Å². The summed E-state index contributed by atoms with van der Waals surface area (Å²) in [6.07, 6.45) is 5.81. The number of carbonyl (C=O) groups excluding carboxylic acids is 1. The van der Waals surface area contributed by atoms with Crippen LogP contribution in [0.3, 0.4) is 0 Å². The van der Waals surface area contributed by atoms with E-state index in [2.05, 4.69) is 24.3 Å². The van der Waals surface area contributed by atoms with Gasteiger partial charge in [-0.25, -0.2) is 0 Å². The second-order valence-corrected chi connectivity index (χ2v) is 8.13. The van der Waals surface area contributed by atoms with Gasteiger partial charge in [-0.3, -0.25) is 9.18 Å². The molecular weight excluding hydrogens is 263 g/mol. The van der Waals surface area contributed by atoms with E-state index in [0.717, 1.165) is 38.5 Å². The molecule has 0 radical (unpaired) electrons. The molecule has 0 aliphatic heterocycles. The van der Waals surface area contributed by atoms with E-state index in [9.17, 15) is 9.18 Å². The summed E-state index contributed by atoms with van der Waals surface area (Å²) in [5.41, 5.74) is 0.887. The molecule has 4 aliphatic rings. The molecule has 1 nitrogen and oxygen atoms in total. The smallest absolute Gasteiger partial charge is 0.136 e. The fourth-order valence-corrected chi connectivity index (χ4v) is 6.29.